The first kappa shape index (κ1) is 14.5. The molecule has 21 heavy (non-hydrogen) atoms. The normalized spacial score (nSPS) is 18.6. The molecule has 1 saturated heterocycles. The Morgan fingerprint density at radius 3 is 3.00 bits per heavy atom. The van der Waals surface area contributed by atoms with Gasteiger partial charge >= 0.3 is 0 Å². The van der Waals surface area contributed by atoms with E-state index < -0.39 is 0 Å². The molecule has 0 saturated carbocycles. The molecule has 2 heterocycles. The lowest BCUT2D eigenvalue weighted by Gasteiger charge is -2.21. The van der Waals surface area contributed by atoms with Crippen LogP contribution in [0.2, 0.25) is 0 Å². The van der Waals surface area contributed by atoms with E-state index in [2.05, 4.69) is 10.3 Å². The van der Waals surface area contributed by atoms with E-state index in [0.29, 0.717) is 5.25 Å². The van der Waals surface area contributed by atoms with Crippen LogP contribution < -0.4 is 5.32 Å². The van der Waals surface area contributed by atoms with Crippen LogP contribution in [0.4, 0.5) is 11.5 Å². The first-order valence-corrected chi connectivity index (χ1v) is 8.91. The zero-order valence-electron chi connectivity index (χ0n) is 11.3. The van der Waals surface area contributed by atoms with Crippen molar-refractivity contribution in [2.75, 3.05) is 29.1 Å². The Balaban J connectivity index is 1.71. The first-order chi connectivity index (χ1) is 10.2. The van der Waals surface area contributed by atoms with E-state index >= 15 is 0 Å². The van der Waals surface area contributed by atoms with Crippen LogP contribution in [-0.4, -0.2) is 39.0 Å². The average molecular weight is 321 g/mol. The molecule has 1 N–H and O–H groups in total. The molecular weight excluding hydrogens is 306 g/mol. The molecule has 5 nitrogen and oxygen atoms in total. The van der Waals surface area contributed by atoms with Crippen LogP contribution in [0.3, 0.4) is 0 Å². The Hall–Kier alpha value is -1.47. The third kappa shape index (κ3) is 3.59. The molecule has 110 valence electrons. The van der Waals surface area contributed by atoms with Crippen LogP contribution in [0.15, 0.2) is 30.3 Å². The zero-order valence-corrected chi connectivity index (χ0v) is 13.0. The summed E-state index contributed by atoms with van der Waals surface area (Å²) < 4.78 is 0. The number of nitrogens with zero attached hydrogens (tertiary/aromatic N) is 2. The van der Waals surface area contributed by atoms with Crippen LogP contribution in [-0.2, 0) is 0 Å². The van der Waals surface area contributed by atoms with Crippen LogP contribution in [0, 0.1) is 10.1 Å². The molecule has 0 aliphatic carbocycles. The molecular formula is C14H15N3O2S2. The van der Waals surface area contributed by atoms with Gasteiger partial charge in [0.15, 0.2) is 0 Å². The number of nitro benzene ring substituents is 1. The number of rotatable bonds is 4. The molecule has 1 unspecified atom stereocenters. The van der Waals surface area contributed by atoms with Crippen molar-refractivity contribution >= 4 is 45.9 Å². The number of non-ortho nitro benzene ring substituents is 1. The molecule has 7 heteroatoms. The van der Waals surface area contributed by atoms with Gasteiger partial charge in [0, 0.05) is 46.6 Å². The summed E-state index contributed by atoms with van der Waals surface area (Å²) >= 11 is 4.01. The first-order valence-electron chi connectivity index (χ1n) is 6.71. The smallest absolute Gasteiger partial charge is 0.270 e. The summed E-state index contributed by atoms with van der Waals surface area (Å²) in [5, 5.41) is 15.5. The number of thioether (sulfide) groups is 2. The van der Waals surface area contributed by atoms with E-state index in [1.807, 2.05) is 35.7 Å². The van der Waals surface area contributed by atoms with Gasteiger partial charge in [-0.2, -0.15) is 23.5 Å². The summed E-state index contributed by atoms with van der Waals surface area (Å²) in [6.45, 7) is 0.906. The highest BCUT2D eigenvalue weighted by molar-refractivity contribution is 8.06. The number of benzene rings is 1. The van der Waals surface area contributed by atoms with E-state index in [-0.39, 0.29) is 10.6 Å². The van der Waals surface area contributed by atoms with Gasteiger partial charge in [-0.25, -0.2) is 4.98 Å². The minimum atomic E-state index is -0.385. The molecule has 3 rings (SSSR count). The van der Waals surface area contributed by atoms with Gasteiger partial charge in [-0.15, -0.1) is 0 Å². The fourth-order valence-electron chi connectivity index (χ4n) is 2.20. The van der Waals surface area contributed by atoms with Crippen molar-refractivity contribution in [3.8, 4) is 0 Å². The van der Waals surface area contributed by atoms with E-state index in [1.165, 1.54) is 23.3 Å². The zero-order chi connectivity index (χ0) is 14.7. The van der Waals surface area contributed by atoms with Gasteiger partial charge in [-0.1, -0.05) is 0 Å². The minimum Gasteiger partial charge on any atom is -0.369 e. The van der Waals surface area contributed by atoms with E-state index in [0.717, 1.165) is 23.3 Å². The molecule has 1 atom stereocenters. The summed E-state index contributed by atoms with van der Waals surface area (Å²) in [7, 11) is 0. The largest absolute Gasteiger partial charge is 0.369 e. The molecule has 1 fully saturated rings. The number of aromatic nitrogens is 1. The van der Waals surface area contributed by atoms with E-state index in [4.69, 9.17) is 0 Å². The number of nitrogens with one attached hydrogen (secondary N) is 1. The van der Waals surface area contributed by atoms with Crippen LogP contribution >= 0.6 is 23.5 Å². The number of hydrogen-bond acceptors (Lipinski definition) is 6. The summed E-state index contributed by atoms with van der Waals surface area (Å²) in [4.78, 5) is 14.9. The average Bonchev–Trinajstić information content (AvgIpc) is 2.53. The van der Waals surface area contributed by atoms with Crippen molar-refractivity contribution in [1.29, 1.82) is 0 Å². The fraction of sp³-hybridized carbons (Fsp3) is 0.357. The highest BCUT2D eigenvalue weighted by Gasteiger charge is 2.14. The van der Waals surface area contributed by atoms with Crippen molar-refractivity contribution in [2.24, 2.45) is 0 Å². The summed E-state index contributed by atoms with van der Waals surface area (Å²) in [5.74, 6) is 4.46. The Morgan fingerprint density at radius 2 is 2.24 bits per heavy atom. The highest BCUT2D eigenvalue weighted by Crippen LogP contribution is 2.25. The highest BCUT2D eigenvalue weighted by atomic mass is 32.2. The van der Waals surface area contributed by atoms with Gasteiger partial charge in [0.2, 0.25) is 0 Å². The van der Waals surface area contributed by atoms with Crippen molar-refractivity contribution in [2.45, 2.75) is 5.25 Å². The summed E-state index contributed by atoms with van der Waals surface area (Å²) in [6.07, 6.45) is 0. The molecule has 0 radical (unpaired) electrons. The van der Waals surface area contributed by atoms with E-state index in [1.54, 1.807) is 12.1 Å². The van der Waals surface area contributed by atoms with Gasteiger partial charge in [0.05, 0.1) is 10.4 Å². The van der Waals surface area contributed by atoms with Crippen LogP contribution in [0.25, 0.3) is 10.9 Å². The second-order valence-electron chi connectivity index (χ2n) is 4.78. The lowest BCUT2D eigenvalue weighted by atomic mass is 10.2. The quantitative estimate of drug-likeness (QED) is 0.687. The molecule has 0 bridgehead atoms. The van der Waals surface area contributed by atoms with Crippen molar-refractivity contribution < 1.29 is 4.92 Å². The fourth-order valence-corrected chi connectivity index (χ4v) is 4.81. The van der Waals surface area contributed by atoms with Crippen molar-refractivity contribution in [3.05, 3.63) is 40.4 Å². The van der Waals surface area contributed by atoms with Gasteiger partial charge in [-0.05, 0) is 18.2 Å². The van der Waals surface area contributed by atoms with Gasteiger partial charge in [0.25, 0.3) is 5.69 Å². The van der Waals surface area contributed by atoms with Crippen molar-refractivity contribution in [1.82, 2.24) is 4.98 Å². The minimum absolute atomic E-state index is 0.0978. The van der Waals surface area contributed by atoms with Crippen LogP contribution in [0.5, 0.6) is 0 Å². The number of pyridine rings is 1. The summed E-state index contributed by atoms with van der Waals surface area (Å²) in [6, 6.07) is 8.50. The van der Waals surface area contributed by atoms with E-state index in [9.17, 15) is 10.1 Å². The maximum Gasteiger partial charge on any atom is 0.270 e. The van der Waals surface area contributed by atoms with Gasteiger partial charge in [-0.3, -0.25) is 10.1 Å². The lowest BCUT2D eigenvalue weighted by Crippen LogP contribution is -2.23. The number of fused-ring (bicyclic) bond motifs is 1. The maximum absolute atomic E-state index is 10.8. The van der Waals surface area contributed by atoms with Gasteiger partial charge in [0.1, 0.15) is 5.82 Å². The number of nitro groups is 1. The lowest BCUT2D eigenvalue weighted by molar-refractivity contribution is -0.384. The van der Waals surface area contributed by atoms with Crippen molar-refractivity contribution in [3.63, 3.8) is 0 Å². The molecule has 1 aromatic carbocycles. The maximum atomic E-state index is 10.8. The van der Waals surface area contributed by atoms with Crippen LogP contribution in [0.1, 0.15) is 0 Å². The molecule has 1 aliphatic rings. The summed E-state index contributed by atoms with van der Waals surface area (Å²) in [5.41, 5.74) is 0.872. The molecule has 2 aromatic rings. The Labute approximate surface area is 131 Å². The number of anilines is 1. The molecule has 1 aliphatic heterocycles. The molecule has 0 spiro atoms. The predicted octanol–water partition coefficient (Wildman–Crippen LogP) is 3.40. The number of hydrogen-bond donors (Lipinski definition) is 1. The Kier molecular flexibility index (Phi) is 4.50. The topological polar surface area (TPSA) is 68.1 Å². The second kappa shape index (κ2) is 6.53. The second-order valence-corrected chi connectivity index (χ2v) is 7.34. The SMILES string of the molecule is O=[N+]([O-])c1ccc2nc(NCC3CSCCS3)ccc2c1. The molecule has 1 aromatic heterocycles. The predicted molar refractivity (Wildman–Crippen MR) is 90.5 cm³/mol. The Morgan fingerprint density at radius 1 is 1.33 bits per heavy atom. The monoisotopic (exact) mass is 321 g/mol. The standard InChI is InChI=1S/C14H15N3O2S2/c18-17(19)11-2-3-13-10(7-11)1-4-14(16-13)15-8-12-9-20-5-6-21-12/h1-4,7,12H,5-6,8-9H2,(H,15,16). The third-order valence-electron chi connectivity index (χ3n) is 3.28. The third-order valence-corrected chi connectivity index (χ3v) is 6.12. The Bertz CT molecular complexity index is 660. The van der Waals surface area contributed by atoms with Gasteiger partial charge < -0.3 is 5.32 Å². The molecule has 0 amide bonds.